The number of aliphatic imine (C=N–C) groups is 1. The fraction of sp³-hybridized carbons (Fsp3) is 0.450. The van der Waals surface area contributed by atoms with E-state index in [0.717, 1.165) is 49.2 Å². The van der Waals surface area contributed by atoms with Crippen molar-refractivity contribution in [1.29, 1.82) is 0 Å². The molecular weight excluding hydrogens is 467 g/mol. The van der Waals surface area contributed by atoms with Gasteiger partial charge in [0, 0.05) is 38.1 Å². The number of rotatable bonds is 6. The molecule has 1 fully saturated rings. The van der Waals surface area contributed by atoms with Crippen LogP contribution in [0.3, 0.4) is 0 Å². The van der Waals surface area contributed by atoms with E-state index < -0.39 is 0 Å². The molecule has 28 heavy (non-hydrogen) atoms. The maximum atomic E-state index is 5.64. The number of nitrogens with zero attached hydrogens (tertiary/aromatic N) is 4. The Bertz CT molecular complexity index is 734. The van der Waals surface area contributed by atoms with Gasteiger partial charge >= 0.3 is 0 Å². The van der Waals surface area contributed by atoms with Crippen molar-refractivity contribution < 1.29 is 4.74 Å². The van der Waals surface area contributed by atoms with Crippen molar-refractivity contribution in [2.45, 2.75) is 25.8 Å². The fourth-order valence-electron chi connectivity index (χ4n) is 3.12. The maximum absolute atomic E-state index is 5.64. The summed E-state index contributed by atoms with van der Waals surface area (Å²) >= 11 is 0. The number of nitrogens with one attached hydrogen (secondary N) is 2. The highest BCUT2D eigenvalue weighted by Gasteiger charge is 2.20. The molecule has 0 atom stereocenters. The van der Waals surface area contributed by atoms with Gasteiger partial charge in [-0.3, -0.25) is 9.98 Å². The lowest BCUT2D eigenvalue weighted by Gasteiger charge is -2.34. The average molecular weight is 496 g/mol. The minimum atomic E-state index is 0. The topological polar surface area (TPSA) is 74.7 Å². The highest BCUT2D eigenvalue weighted by atomic mass is 127. The van der Waals surface area contributed by atoms with Crippen LogP contribution in [-0.4, -0.2) is 55.3 Å². The molecule has 0 bridgehead atoms. The summed E-state index contributed by atoms with van der Waals surface area (Å²) in [5, 5.41) is 6.82. The van der Waals surface area contributed by atoms with E-state index in [4.69, 9.17) is 4.74 Å². The molecule has 2 aromatic rings. The van der Waals surface area contributed by atoms with Crippen LogP contribution in [0.2, 0.25) is 0 Å². The van der Waals surface area contributed by atoms with Crippen molar-refractivity contribution >= 4 is 35.8 Å². The zero-order valence-electron chi connectivity index (χ0n) is 16.5. The van der Waals surface area contributed by atoms with Gasteiger partial charge in [-0.15, -0.1) is 24.0 Å². The number of aryl methyl sites for hydroxylation is 1. The van der Waals surface area contributed by atoms with E-state index in [-0.39, 0.29) is 24.0 Å². The van der Waals surface area contributed by atoms with Gasteiger partial charge in [0.15, 0.2) is 5.96 Å². The zero-order chi connectivity index (χ0) is 18.9. The highest BCUT2D eigenvalue weighted by Crippen LogP contribution is 2.18. The molecule has 1 aliphatic heterocycles. The third-order valence-corrected chi connectivity index (χ3v) is 4.55. The largest absolute Gasteiger partial charge is 0.490 e. The minimum Gasteiger partial charge on any atom is -0.490 e. The summed E-state index contributed by atoms with van der Waals surface area (Å²) < 4.78 is 5.64. The molecule has 2 N–H and O–H groups in total. The van der Waals surface area contributed by atoms with Gasteiger partial charge in [0.2, 0.25) is 0 Å². The first-order chi connectivity index (χ1) is 13.2. The number of pyridine rings is 2. The molecule has 0 saturated carbocycles. The molecule has 0 amide bonds. The Morgan fingerprint density at radius 2 is 2.07 bits per heavy atom. The third kappa shape index (κ3) is 6.81. The second-order valence-corrected chi connectivity index (χ2v) is 6.58. The van der Waals surface area contributed by atoms with Gasteiger partial charge in [0.1, 0.15) is 18.2 Å². The summed E-state index contributed by atoms with van der Waals surface area (Å²) in [6, 6.07) is 10.4. The van der Waals surface area contributed by atoms with Crippen LogP contribution in [0, 0.1) is 6.92 Å². The summed E-state index contributed by atoms with van der Waals surface area (Å²) in [5.41, 5.74) is 1.06. The molecule has 8 heteroatoms. The van der Waals surface area contributed by atoms with Crippen LogP contribution in [0.5, 0.6) is 5.75 Å². The molecule has 0 radical (unpaired) electrons. The van der Waals surface area contributed by atoms with E-state index in [1.54, 1.807) is 19.4 Å². The van der Waals surface area contributed by atoms with E-state index in [1.165, 1.54) is 0 Å². The molecule has 0 spiro atoms. The number of ether oxygens (including phenoxy) is 1. The number of halogens is 1. The Kier molecular flexibility index (Phi) is 9.26. The van der Waals surface area contributed by atoms with Gasteiger partial charge in [-0.05, 0) is 44.0 Å². The lowest BCUT2D eigenvalue weighted by Crippen LogP contribution is -2.49. The fourth-order valence-corrected chi connectivity index (χ4v) is 3.12. The lowest BCUT2D eigenvalue weighted by atomic mass is 10.1. The van der Waals surface area contributed by atoms with Gasteiger partial charge in [0.05, 0.1) is 12.7 Å². The molecule has 2 aromatic heterocycles. The Balaban J connectivity index is 0.00000280. The predicted molar refractivity (Wildman–Crippen MR) is 124 cm³/mol. The summed E-state index contributed by atoms with van der Waals surface area (Å²) in [6.07, 6.45) is 5.56. The molecule has 0 aromatic carbocycles. The van der Waals surface area contributed by atoms with E-state index in [1.807, 2.05) is 25.1 Å². The molecule has 3 heterocycles. The number of hydrogen-bond acceptors (Lipinski definition) is 5. The molecular formula is C20H29IN6O. The van der Waals surface area contributed by atoms with Gasteiger partial charge < -0.3 is 20.3 Å². The summed E-state index contributed by atoms with van der Waals surface area (Å²) in [4.78, 5) is 15.3. The van der Waals surface area contributed by atoms with Gasteiger partial charge in [0.25, 0.3) is 0 Å². The molecule has 1 aliphatic rings. The van der Waals surface area contributed by atoms with Crippen LogP contribution >= 0.6 is 24.0 Å². The third-order valence-electron chi connectivity index (χ3n) is 4.55. The Labute approximate surface area is 184 Å². The second-order valence-electron chi connectivity index (χ2n) is 6.58. The van der Waals surface area contributed by atoms with Gasteiger partial charge in [-0.25, -0.2) is 4.98 Å². The average Bonchev–Trinajstić information content (AvgIpc) is 2.71. The zero-order valence-corrected chi connectivity index (χ0v) is 18.8. The standard InChI is InChI=1S/C20H28N6O.HI/c1-16-5-3-7-19(24-16)26-12-8-17(9-13-26)25-20(21-2)23-11-14-27-18-6-4-10-22-15-18;/h3-7,10,15,17H,8-9,11-14H2,1-2H3,(H2,21,23,25);1H. The molecule has 152 valence electrons. The minimum absolute atomic E-state index is 0. The van der Waals surface area contributed by atoms with Crippen LogP contribution in [0.15, 0.2) is 47.7 Å². The van der Waals surface area contributed by atoms with Gasteiger partial charge in [-0.2, -0.15) is 0 Å². The van der Waals surface area contributed by atoms with Crippen LogP contribution in [0.4, 0.5) is 5.82 Å². The number of piperidine rings is 1. The van der Waals surface area contributed by atoms with E-state index in [2.05, 4.69) is 42.6 Å². The SMILES string of the molecule is CN=C(NCCOc1cccnc1)NC1CCN(c2cccc(C)n2)CC1.I. The lowest BCUT2D eigenvalue weighted by molar-refractivity contribution is 0.320. The van der Waals surface area contributed by atoms with Crippen LogP contribution in [0.1, 0.15) is 18.5 Å². The second kappa shape index (κ2) is 11.7. The van der Waals surface area contributed by atoms with Crippen molar-refractivity contribution in [2.75, 3.05) is 38.2 Å². The summed E-state index contributed by atoms with van der Waals surface area (Å²) in [7, 11) is 1.79. The number of hydrogen-bond donors (Lipinski definition) is 2. The molecule has 0 unspecified atom stereocenters. The van der Waals surface area contributed by atoms with Crippen molar-refractivity contribution in [3.05, 3.63) is 48.4 Å². The van der Waals surface area contributed by atoms with Crippen molar-refractivity contribution in [2.24, 2.45) is 4.99 Å². The number of aromatic nitrogens is 2. The van der Waals surface area contributed by atoms with E-state index in [0.29, 0.717) is 19.2 Å². The summed E-state index contributed by atoms with van der Waals surface area (Å²) in [5.74, 6) is 2.67. The predicted octanol–water partition coefficient (Wildman–Crippen LogP) is 2.62. The number of anilines is 1. The first kappa shape index (κ1) is 22.2. The molecule has 1 saturated heterocycles. The van der Waals surface area contributed by atoms with Crippen molar-refractivity contribution in [3.63, 3.8) is 0 Å². The van der Waals surface area contributed by atoms with Crippen LogP contribution in [-0.2, 0) is 0 Å². The quantitative estimate of drug-likeness (QED) is 0.277. The Hall–Kier alpha value is -2.10. The first-order valence-electron chi connectivity index (χ1n) is 9.43. The van der Waals surface area contributed by atoms with Crippen LogP contribution in [0.25, 0.3) is 0 Å². The van der Waals surface area contributed by atoms with E-state index in [9.17, 15) is 0 Å². The molecule has 7 nitrogen and oxygen atoms in total. The highest BCUT2D eigenvalue weighted by molar-refractivity contribution is 14.0. The molecule has 3 rings (SSSR count). The van der Waals surface area contributed by atoms with Gasteiger partial charge in [-0.1, -0.05) is 6.07 Å². The van der Waals surface area contributed by atoms with Crippen molar-refractivity contribution in [1.82, 2.24) is 20.6 Å². The van der Waals surface area contributed by atoms with Crippen molar-refractivity contribution in [3.8, 4) is 5.75 Å². The maximum Gasteiger partial charge on any atom is 0.191 e. The molecule has 0 aliphatic carbocycles. The summed E-state index contributed by atoms with van der Waals surface area (Å²) in [6.45, 7) is 5.26. The Morgan fingerprint density at radius 3 is 2.75 bits per heavy atom. The normalized spacial score (nSPS) is 14.9. The monoisotopic (exact) mass is 496 g/mol. The number of guanidine groups is 1. The van der Waals surface area contributed by atoms with E-state index >= 15 is 0 Å². The smallest absolute Gasteiger partial charge is 0.191 e. The van der Waals surface area contributed by atoms with Crippen LogP contribution < -0.4 is 20.3 Å². The first-order valence-corrected chi connectivity index (χ1v) is 9.43. The Morgan fingerprint density at radius 1 is 1.25 bits per heavy atom.